The zero-order valence-electron chi connectivity index (χ0n) is 17.7. The molecule has 2 aromatic heterocycles. The number of thiazole rings is 1. The van der Waals surface area contributed by atoms with E-state index in [1.807, 2.05) is 24.5 Å². The predicted octanol–water partition coefficient (Wildman–Crippen LogP) is 2.97. The molecule has 1 fully saturated rings. The Bertz CT molecular complexity index is 1250. The van der Waals surface area contributed by atoms with E-state index >= 15 is 0 Å². The van der Waals surface area contributed by atoms with Gasteiger partial charge in [-0.25, -0.2) is 4.79 Å². The molecule has 6 nitrogen and oxygen atoms in total. The van der Waals surface area contributed by atoms with Crippen molar-refractivity contribution >= 4 is 27.6 Å². The van der Waals surface area contributed by atoms with E-state index in [0.717, 1.165) is 45.4 Å². The summed E-state index contributed by atoms with van der Waals surface area (Å²) in [4.78, 5) is 29.7. The maximum Gasteiger partial charge on any atom is 0.410 e. The average molecular weight is 384 g/mol. The van der Waals surface area contributed by atoms with Gasteiger partial charge in [-0.2, -0.15) is 0 Å². The van der Waals surface area contributed by atoms with Gasteiger partial charge < -0.3 is 14.2 Å². The van der Waals surface area contributed by atoms with Gasteiger partial charge in [0.25, 0.3) is 0 Å². The van der Waals surface area contributed by atoms with Gasteiger partial charge in [0, 0.05) is 42.5 Å². The summed E-state index contributed by atoms with van der Waals surface area (Å²) < 4.78 is 29.6. The summed E-state index contributed by atoms with van der Waals surface area (Å²) in [6.07, 6.45) is 5.61. The number of nitrogens with zero attached hydrogens (tertiary/aromatic N) is 3. The Labute approximate surface area is 164 Å². The number of hydrogen-bond acceptors (Lipinski definition) is 5. The number of carbonyl (C=O) groups excluding carboxylic acids is 1. The number of fused-ring (bicyclic) bond motifs is 2. The van der Waals surface area contributed by atoms with E-state index in [0.29, 0.717) is 23.2 Å². The maximum atomic E-state index is 12.2. The lowest BCUT2D eigenvalue weighted by Gasteiger charge is -2.37. The van der Waals surface area contributed by atoms with Gasteiger partial charge in [0.1, 0.15) is 6.61 Å². The van der Waals surface area contributed by atoms with Crippen LogP contribution in [0.2, 0.25) is 0 Å². The summed E-state index contributed by atoms with van der Waals surface area (Å²) in [6, 6.07) is 5.39. The Morgan fingerprint density at radius 3 is 3.00 bits per heavy atom. The van der Waals surface area contributed by atoms with Crippen LogP contribution in [-0.2, 0) is 24.6 Å². The summed E-state index contributed by atoms with van der Waals surface area (Å²) in [5.41, 5.74) is 4.20. The molecule has 1 amide bonds. The van der Waals surface area contributed by atoms with Gasteiger partial charge in [0.2, 0.25) is 0 Å². The number of carbonyl (C=O) groups is 1. The first-order valence-corrected chi connectivity index (χ1v) is 9.54. The van der Waals surface area contributed by atoms with Gasteiger partial charge in [0.05, 0.1) is 15.8 Å². The van der Waals surface area contributed by atoms with Crippen LogP contribution in [-0.4, -0.2) is 39.7 Å². The second-order valence-electron chi connectivity index (χ2n) is 7.23. The Hall–Kier alpha value is -2.67. The molecule has 27 heavy (non-hydrogen) atoms. The normalized spacial score (nSPS) is 23.8. The molecular weight excluding hydrogens is 362 g/mol. The third-order valence-corrected chi connectivity index (χ3v) is 6.75. The highest BCUT2D eigenvalue weighted by atomic mass is 32.1. The van der Waals surface area contributed by atoms with Crippen LogP contribution in [0.4, 0.5) is 4.79 Å². The molecule has 7 heteroatoms. The van der Waals surface area contributed by atoms with E-state index in [1.165, 1.54) is 5.56 Å². The molecule has 1 saturated heterocycles. The third kappa shape index (κ3) is 2.34. The highest BCUT2D eigenvalue weighted by Crippen LogP contribution is 2.40. The highest BCUT2D eigenvalue weighted by Gasteiger charge is 2.47. The van der Waals surface area contributed by atoms with Crippen LogP contribution in [0, 0.1) is 0 Å². The highest BCUT2D eigenvalue weighted by molar-refractivity contribution is 7.16. The molecule has 0 unspecified atom stereocenters. The smallest absolute Gasteiger partial charge is 0.410 e. The molecule has 0 N–H and O–H groups in total. The molecule has 3 aromatic rings. The van der Waals surface area contributed by atoms with Crippen molar-refractivity contribution < 1.29 is 13.6 Å². The van der Waals surface area contributed by atoms with E-state index in [4.69, 9.17) is 8.85 Å². The molecule has 0 bridgehead atoms. The van der Waals surface area contributed by atoms with Crippen molar-refractivity contribution in [2.24, 2.45) is 6.98 Å². The minimum absolute atomic E-state index is 0.290. The van der Waals surface area contributed by atoms with Crippen LogP contribution in [0.25, 0.3) is 21.3 Å². The summed E-state index contributed by atoms with van der Waals surface area (Å²) in [5.74, 6) is 0. The number of benzene rings is 1. The van der Waals surface area contributed by atoms with Crippen LogP contribution in [0.3, 0.4) is 0 Å². The Morgan fingerprint density at radius 1 is 1.33 bits per heavy atom. The lowest BCUT2D eigenvalue weighted by Crippen LogP contribution is -2.49. The van der Waals surface area contributed by atoms with Crippen molar-refractivity contribution in [2.45, 2.75) is 24.8 Å². The van der Waals surface area contributed by atoms with Gasteiger partial charge in [-0.3, -0.25) is 9.78 Å². The largest absolute Gasteiger partial charge is 0.447 e. The van der Waals surface area contributed by atoms with Gasteiger partial charge in [-0.1, -0.05) is 17.4 Å². The molecule has 1 aliphatic carbocycles. The zero-order valence-corrected chi connectivity index (χ0v) is 15.5. The first kappa shape index (κ1) is 13.5. The molecule has 3 heterocycles. The molecule has 1 aliphatic heterocycles. The molecule has 2 aliphatic rings. The number of rotatable bonds is 1. The van der Waals surface area contributed by atoms with E-state index < -0.39 is 11.8 Å². The van der Waals surface area contributed by atoms with Crippen molar-refractivity contribution in [2.75, 3.05) is 13.7 Å². The van der Waals surface area contributed by atoms with Crippen LogP contribution >= 0.6 is 11.3 Å². The van der Waals surface area contributed by atoms with Gasteiger partial charge >= 0.3 is 11.0 Å². The van der Waals surface area contributed by atoms with Crippen molar-refractivity contribution in [1.82, 2.24) is 14.5 Å². The molecule has 0 radical (unpaired) electrons. The number of aryl methyl sites for hydroxylation is 1. The van der Waals surface area contributed by atoms with Crippen molar-refractivity contribution in [3.8, 4) is 11.1 Å². The van der Waals surface area contributed by atoms with Gasteiger partial charge in [-0.05, 0) is 41.7 Å². The lowest BCUT2D eigenvalue weighted by molar-refractivity contribution is 0.160. The first-order valence-electron chi connectivity index (χ1n) is 10.2. The standard InChI is InChI=1S/C20H19N3O3S/c1-22-16-4-3-12(7-17(16)27-19(22)25)15-10-21-9-13-8-20(6-5-14(13)15)11-26-18(24)23(20)2/h3-4,7,9-10H,5-6,8,11H2,1-2H3/t20-/m1/s1/i1D3. The fourth-order valence-electron chi connectivity index (χ4n) is 4.21. The molecule has 1 atom stereocenters. The fourth-order valence-corrected chi connectivity index (χ4v) is 5.03. The van der Waals surface area contributed by atoms with Crippen LogP contribution < -0.4 is 4.87 Å². The van der Waals surface area contributed by atoms with Gasteiger partial charge in [-0.15, -0.1) is 0 Å². The van der Waals surface area contributed by atoms with Crippen LogP contribution in [0.15, 0.2) is 35.4 Å². The molecule has 5 rings (SSSR count). The number of likely N-dealkylation sites (N-methyl/N-ethyl adjacent to an activating group) is 1. The maximum absolute atomic E-state index is 12.2. The second-order valence-corrected chi connectivity index (χ2v) is 8.22. The topological polar surface area (TPSA) is 64.4 Å². The van der Waals surface area contributed by atoms with Gasteiger partial charge in [0.15, 0.2) is 0 Å². The number of pyridine rings is 1. The van der Waals surface area contributed by atoms with Crippen molar-refractivity contribution in [3.63, 3.8) is 0 Å². The average Bonchev–Trinajstić information content (AvgIpc) is 3.18. The minimum Gasteiger partial charge on any atom is -0.447 e. The minimum atomic E-state index is -2.51. The summed E-state index contributed by atoms with van der Waals surface area (Å²) in [6.45, 7) is -2.12. The predicted molar refractivity (Wildman–Crippen MR) is 104 cm³/mol. The summed E-state index contributed by atoms with van der Waals surface area (Å²) in [7, 11) is 1.78. The molecule has 1 spiro atoms. The van der Waals surface area contributed by atoms with E-state index in [9.17, 15) is 9.59 Å². The molecular formula is C20H19N3O3S. The summed E-state index contributed by atoms with van der Waals surface area (Å²) >= 11 is 0.934. The Balaban J connectivity index is 1.58. The number of ether oxygens (including phenoxy) is 1. The molecule has 138 valence electrons. The van der Waals surface area contributed by atoms with Crippen LogP contribution in [0.1, 0.15) is 21.7 Å². The van der Waals surface area contributed by atoms with E-state index in [-0.39, 0.29) is 11.6 Å². The van der Waals surface area contributed by atoms with Crippen molar-refractivity contribution in [3.05, 3.63) is 51.4 Å². The number of amides is 1. The SMILES string of the molecule is [2H]C([2H])([2H])n1c(=O)sc2cc(-c3cncc4c3CC[C@]3(COC(=O)N3C)C4)ccc21. The Kier molecular flexibility index (Phi) is 2.83. The molecule has 0 saturated carbocycles. The van der Waals surface area contributed by atoms with E-state index in [1.54, 1.807) is 18.0 Å². The van der Waals surface area contributed by atoms with E-state index in [2.05, 4.69) is 4.98 Å². The second kappa shape index (κ2) is 5.66. The monoisotopic (exact) mass is 384 g/mol. The number of hydrogen-bond donors (Lipinski definition) is 0. The lowest BCUT2D eigenvalue weighted by atomic mass is 9.76. The zero-order chi connectivity index (χ0) is 21.3. The number of aromatic nitrogens is 2. The molecule has 1 aromatic carbocycles. The summed E-state index contributed by atoms with van der Waals surface area (Å²) in [5, 5.41) is 0. The number of cyclic esters (lactones) is 1. The van der Waals surface area contributed by atoms with Crippen molar-refractivity contribution in [1.29, 1.82) is 0 Å². The quantitative estimate of drug-likeness (QED) is 0.647. The third-order valence-electron chi connectivity index (χ3n) is 5.85. The first-order chi connectivity index (χ1) is 14.2. The Morgan fingerprint density at radius 2 is 2.22 bits per heavy atom. The van der Waals surface area contributed by atoms with Crippen LogP contribution in [0.5, 0.6) is 0 Å². The fraction of sp³-hybridized carbons (Fsp3) is 0.350.